The third kappa shape index (κ3) is 3.85. The van der Waals surface area contributed by atoms with Crippen LogP contribution in [0, 0.1) is 6.92 Å². The Bertz CT molecular complexity index is 783. The van der Waals surface area contributed by atoms with E-state index in [1.807, 2.05) is 25.1 Å². The van der Waals surface area contributed by atoms with E-state index in [0.29, 0.717) is 11.3 Å². The highest BCUT2D eigenvalue weighted by atomic mass is 32.2. The fraction of sp³-hybridized carbons (Fsp3) is 0.188. The first-order valence-electron chi connectivity index (χ1n) is 6.70. The molecule has 22 heavy (non-hydrogen) atoms. The maximum Gasteiger partial charge on any atom is 0.248 e. The lowest BCUT2D eigenvalue weighted by atomic mass is 10.1. The Hall–Kier alpha value is -2.34. The molecule has 0 aliphatic carbocycles. The van der Waals surface area contributed by atoms with Gasteiger partial charge in [0.2, 0.25) is 15.9 Å². The Morgan fingerprint density at radius 2 is 1.77 bits per heavy atom. The molecule has 0 aliphatic heterocycles. The maximum atomic E-state index is 12.1. The Morgan fingerprint density at radius 3 is 2.27 bits per heavy atom. The molecule has 0 unspecified atom stereocenters. The number of anilines is 1. The number of amides is 1. The number of nitrogens with zero attached hydrogens (tertiary/aromatic N) is 1. The minimum atomic E-state index is -3.42. The zero-order valence-electron chi connectivity index (χ0n) is 12.5. The summed E-state index contributed by atoms with van der Waals surface area (Å²) in [4.78, 5) is 11.1. The summed E-state index contributed by atoms with van der Waals surface area (Å²) in [6, 6.07) is 13.9. The van der Waals surface area contributed by atoms with Gasteiger partial charge in [-0.15, -0.1) is 0 Å². The average molecular weight is 318 g/mol. The number of aryl methyl sites for hydroxylation is 1. The monoisotopic (exact) mass is 318 g/mol. The molecule has 0 atom stereocenters. The third-order valence-corrected chi connectivity index (χ3v) is 4.40. The SMILES string of the molecule is Cc1cccc(N(Cc2ccc(C(N)=O)cc2)S(C)(=O)=O)c1. The second kappa shape index (κ2) is 6.19. The molecule has 0 saturated heterocycles. The van der Waals surface area contributed by atoms with Crippen LogP contribution in [0.1, 0.15) is 21.5 Å². The second-order valence-electron chi connectivity index (χ2n) is 5.17. The minimum absolute atomic E-state index is 0.196. The van der Waals surface area contributed by atoms with Gasteiger partial charge in [-0.05, 0) is 42.3 Å². The van der Waals surface area contributed by atoms with Crippen molar-refractivity contribution in [1.82, 2.24) is 0 Å². The summed E-state index contributed by atoms with van der Waals surface area (Å²) in [7, 11) is -3.42. The van der Waals surface area contributed by atoms with Crippen LogP contribution in [0.25, 0.3) is 0 Å². The standard InChI is InChI=1S/C16H18N2O3S/c1-12-4-3-5-15(10-12)18(22(2,20)21)11-13-6-8-14(9-7-13)16(17)19/h3-10H,11H2,1-2H3,(H2,17,19). The molecule has 2 N–H and O–H groups in total. The Morgan fingerprint density at radius 1 is 1.14 bits per heavy atom. The lowest BCUT2D eigenvalue weighted by molar-refractivity contribution is 0.100. The summed E-state index contributed by atoms with van der Waals surface area (Å²) >= 11 is 0. The van der Waals surface area contributed by atoms with Crippen LogP contribution in [0.3, 0.4) is 0 Å². The van der Waals surface area contributed by atoms with Gasteiger partial charge < -0.3 is 5.73 Å². The van der Waals surface area contributed by atoms with Crippen LogP contribution in [0.4, 0.5) is 5.69 Å². The molecule has 1 amide bonds. The minimum Gasteiger partial charge on any atom is -0.366 e. The highest BCUT2D eigenvalue weighted by Crippen LogP contribution is 2.21. The van der Waals surface area contributed by atoms with Gasteiger partial charge >= 0.3 is 0 Å². The van der Waals surface area contributed by atoms with Crippen molar-refractivity contribution in [2.75, 3.05) is 10.6 Å². The number of primary amides is 1. The lowest BCUT2D eigenvalue weighted by Crippen LogP contribution is -2.29. The van der Waals surface area contributed by atoms with Gasteiger partial charge in [-0.25, -0.2) is 8.42 Å². The molecule has 2 rings (SSSR count). The van der Waals surface area contributed by atoms with E-state index in [-0.39, 0.29) is 6.54 Å². The van der Waals surface area contributed by atoms with Crippen LogP contribution in [0.15, 0.2) is 48.5 Å². The molecule has 0 aliphatic rings. The lowest BCUT2D eigenvalue weighted by Gasteiger charge is -2.23. The predicted molar refractivity (Wildman–Crippen MR) is 87.2 cm³/mol. The summed E-state index contributed by atoms with van der Waals surface area (Å²) in [5.74, 6) is -0.509. The van der Waals surface area contributed by atoms with Crippen molar-refractivity contribution >= 4 is 21.6 Å². The van der Waals surface area contributed by atoms with E-state index in [1.165, 1.54) is 10.6 Å². The van der Waals surface area contributed by atoms with Gasteiger partial charge in [0, 0.05) is 5.56 Å². The van der Waals surface area contributed by atoms with Gasteiger partial charge in [0.25, 0.3) is 0 Å². The Kier molecular flexibility index (Phi) is 4.51. The fourth-order valence-electron chi connectivity index (χ4n) is 2.12. The molecule has 0 heterocycles. The number of benzene rings is 2. The highest BCUT2D eigenvalue weighted by molar-refractivity contribution is 7.92. The van der Waals surface area contributed by atoms with Crippen molar-refractivity contribution in [2.45, 2.75) is 13.5 Å². The second-order valence-corrected chi connectivity index (χ2v) is 7.08. The molecule has 116 valence electrons. The molecule has 2 aromatic carbocycles. The average Bonchev–Trinajstić information content (AvgIpc) is 2.44. The molecule has 5 nitrogen and oxygen atoms in total. The first kappa shape index (κ1) is 16.0. The van der Waals surface area contributed by atoms with E-state index in [4.69, 9.17) is 5.73 Å². The van der Waals surface area contributed by atoms with E-state index >= 15 is 0 Å². The van der Waals surface area contributed by atoms with Crippen molar-refractivity contribution in [3.8, 4) is 0 Å². The number of hydrogen-bond donors (Lipinski definition) is 1. The molecule has 0 spiro atoms. The largest absolute Gasteiger partial charge is 0.366 e. The zero-order chi connectivity index (χ0) is 16.3. The number of carbonyl (C=O) groups excluding carboxylic acids is 1. The third-order valence-electron chi connectivity index (χ3n) is 3.25. The normalized spacial score (nSPS) is 11.2. The topological polar surface area (TPSA) is 80.5 Å². The fourth-order valence-corrected chi connectivity index (χ4v) is 3.00. The van der Waals surface area contributed by atoms with Gasteiger partial charge in [0.1, 0.15) is 0 Å². The van der Waals surface area contributed by atoms with E-state index in [0.717, 1.165) is 11.1 Å². The molecule has 0 radical (unpaired) electrons. The van der Waals surface area contributed by atoms with E-state index in [1.54, 1.807) is 30.3 Å². The molecule has 6 heteroatoms. The maximum absolute atomic E-state index is 12.1. The molecule has 2 aromatic rings. The van der Waals surface area contributed by atoms with E-state index < -0.39 is 15.9 Å². The van der Waals surface area contributed by atoms with Crippen LogP contribution in [0.5, 0.6) is 0 Å². The van der Waals surface area contributed by atoms with Gasteiger partial charge in [-0.1, -0.05) is 24.3 Å². The van der Waals surface area contributed by atoms with Crippen LogP contribution < -0.4 is 10.0 Å². The number of rotatable bonds is 5. The van der Waals surface area contributed by atoms with Crippen molar-refractivity contribution in [3.05, 3.63) is 65.2 Å². The molecular formula is C16H18N2O3S. The Labute approximate surface area is 130 Å². The Balaban J connectivity index is 2.34. The number of hydrogen-bond acceptors (Lipinski definition) is 3. The van der Waals surface area contributed by atoms with Crippen molar-refractivity contribution < 1.29 is 13.2 Å². The first-order valence-corrected chi connectivity index (χ1v) is 8.55. The summed E-state index contributed by atoms with van der Waals surface area (Å²) < 4.78 is 25.5. The van der Waals surface area contributed by atoms with Gasteiger partial charge in [0.05, 0.1) is 18.5 Å². The first-order chi connectivity index (χ1) is 10.3. The number of carbonyl (C=O) groups is 1. The molecule has 0 aromatic heterocycles. The highest BCUT2D eigenvalue weighted by Gasteiger charge is 2.18. The summed E-state index contributed by atoms with van der Waals surface area (Å²) in [5, 5.41) is 0. The van der Waals surface area contributed by atoms with Gasteiger partial charge in [-0.2, -0.15) is 0 Å². The molecule has 0 fully saturated rings. The predicted octanol–water partition coefficient (Wildman–Crippen LogP) is 2.06. The summed E-state index contributed by atoms with van der Waals surface area (Å²) in [6.07, 6.45) is 1.17. The molecule has 0 saturated carbocycles. The summed E-state index contributed by atoms with van der Waals surface area (Å²) in [5.41, 5.74) is 7.96. The van der Waals surface area contributed by atoms with Crippen molar-refractivity contribution in [1.29, 1.82) is 0 Å². The van der Waals surface area contributed by atoms with Crippen LogP contribution in [0.2, 0.25) is 0 Å². The van der Waals surface area contributed by atoms with E-state index in [9.17, 15) is 13.2 Å². The van der Waals surface area contributed by atoms with Crippen LogP contribution in [-0.2, 0) is 16.6 Å². The quantitative estimate of drug-likeness (QED) is 0.916. The number of nitrogens with two attached hydrogens (primary N) is 1. The van der Waals surface area contributed by atoms with Crippen LogP contribution >= 0.6 is 0 Å². The van der Waals surface area contributed by atoms with E-state index in [2.05, 4.69) is 0 Å². The zero-order valence-corrected chi connectivity index (χ0v) is 13.3. The van der Waals surface area contributed by atoms with Crippen molar-refractivity contribution in [2.24, 2.45) is 5.73 Å². The van der Waals surface area contributed by atoms with Gasteiger partial charge in [-0.3, -0.25) is 9.10 Å². The number of sulfonamides is 1. The van der Waals surface area contributed by atoms with Crippen LogP contribution in [-0.4, -0.2) is 20.6 Å². The summed E-state index contributed by atoms with van der Waals surface area (Å²) in [6.45, 7) is 2.10. The van der Waals surface area contributed by atoms with Gasteiger partial charge in [0.15, 0.2) is 0 Å². The molecular weight excluding hydrogens is 300 g/mol. The smallest absolute Gasteiger partial charge is 0.248 e. The molecule has 0 bridgehead atoms. The van der Waals surface area contributed by atoms with Crippen molar-refractivity contribution in [3.63, 3.8) is 0 Å².